The molecule has 100 valence electrons. The fourth-order valence-electron chi connectivity index (χ4n) is 1.68. The van der Waals surface area contributed by atoms with Crippen LogP contribution in [0.2, 0.25) is 0 Å². The van der Waals surface area contributed by atoms with Crippen LogP contribution in [-0.4, -0.2) is 12.2 Å². The maximum atomic E-state index is 13.3. The fourth-order valence-corrected chi connectivity index (χ4v) is 1.93. The lowest BCUT2D eigenvalue weighted by molar-refractivity contribution is 0.371. The summed E-state index contributed by atoms with van der Waals surface area (Å²) in [6, 6.07) is 10.0. The molecule has 0 amide bonds. The molecule has 0 aliphatic rings. The van der Waals surface area contributed by atoms with Gasteiger partial charge in [-0.2, -0.15) is 0 Å². The normalized spacial score (nSPS) is 10.3. The summed E-state index contributed by atoms with van der Waals surface area (Å²) >= 11 is 3.10. The number of phenolic OH excluding ortho intramolecular Hbond substituents is 1. The molecule has 0 bridgehead atoms. The maximum Gasteiger partial charge on any atom is 0.162 e. The van der Waals surface area contributed by atoms with Gasteiger partial charge in [0.05, 0.1) is 11.6 Å². The van der Waals surface area contributed by atoms with Crippen LogP contribution in [0.3, 0.4) is 0 Å². The van der Waals surface area contributed by atoms with Gasteiger partial charge in [-0.05, 0) is 40.2 Å². The monoisotopic (exact) mass is 325 g/mol. The van der Waals surface area contributed by atoms with E-state index in [-0.39, 0.29) is 11.6 Å². The lowest BCUT2D eigenvalue weighted by atomic mass is 10.2. The molecule has 19 heavy (non-hydrogen) atoms. The molecule has 0 aliphatic carbocycles. The average molecular weight is 326 g/mol. The van der Waals surface area contributed by atoms with E-state index in [2.05, 4.69) is 21.2 Å². The number of phenols is 1. The summed E-state index contributed by atoms with van der Waals surface area (Å²) in [7, 11) is 1.50. The first-order chi connectivity index (χ1) is 9.11. The zero-order chi connectivity index (χ0) is 13.8. The third-order valence-electron chi connectivity index (χ3n) is 2.71. The standard InChI is InChI=1S/C14H13BrFNO2/c1-19-13-4-2-3-9(14(13)18)8-17-10-5-6-11(15)12(16)7-10/h2-7,17-18H,8H2,1H3. The first-order valence-electron chi connectivity index (χ1n) is 5.65. The Morgan fingerprint density at radius 1 is 1.32 bits per heavy atom. The molecular formula is C14H13BrFNO2. The van der Waals surface area contributed by atoms with Crippen LogP contribution in [0.1, 0.15) is 5.56 Å². The fraction of sp³-hybridized carbons (Fsp3) is 0.143. The van der Waals surface area contributed by atoms with E-state index in [9.17, 15) is 9.50 Å². The third kappa shape index (κ3) is 3.17. The summed E-state index contributed by atoms with van der Waals surface area (Å²) in [5.74, 6) is 0.177. The summed E-state index contributed by atoms with van der Waals surface area (Å²) in [6.07, 6.45) is 0. The Balaban J connectivity index is 2.12. The van der Waals surface area contributed by atoms with Gasteiger partial charge < -0.3 is 15.2 Å². The van der Waals surface area contributed by atoms with Gasteiger partial charge in [0, 0.05) is 17.8 Å². The number of hydrogen-bond acceptors (Lipinski definition) is 3. The Morgan fingerprint density at radius 2 is 2.11 bits per heavy atom. The van der Waals surface area contributed by atoms with E-state index >= 15 is 0 Å². The van der Waals surface area contributed by atoms with Crippen molar-refractivity contribution < 1.29 is 14.2 Å². The molecule has 5 heteroatoms. The summed E-state index contributed by atoms with van der Waals surface area (Å²) in [6.45, 7) is 0.379. The van der Waals surface area contributed by atoms with Gasteiger partial charge in [0.15, 0.2) is 11.5 Å². The van der Waals surface area contributed by atoms with Gasteiger partial charge in [-0.25, -0.2) is 4.39 Å². The molecular weight excluding hydrogens is 313 g/mol. The number of para-hydroxylation sites is 1. The number of aromatic hydroxyl groups is 1. The molecule has 0 unspecified atom stereocenters. The highest BCUT2D eigenvalue weighted by molar-refractivity contribution is 9.10. The molecule has 2 aromatic carbocycles. The van der Waals surface area contributed by atoms with Crippen LogP contribution in [0.5, 0.6) is 11.5 Å². The zero-order valence-corrected chi connectivity index (χ0v) is 11.9. The number of anilines is 1. The Hall–Kier alpha value is -1.75. The van der Waals surface area contributed by atoms with Crippen LogP contribution in [0, 0.1) is 5.82 Å². The van der Waals surface area contributed by atoms with Crippen molar-refractivity contribution in [3.8, 4) is 11.5 Å². The SMILES string of the molecule is COc1cccc(CNc2ccc(Br)c(F)c2)c1O. The number of methoxy groups -OCH3 is 1. The summed E-state index contributed by atoms with van der Waals surface area (Å²) in [4.78, 5) is 0. The van der Waals surface area contributed by atoms with Crippen LogP contribution in [-0.2, 0) is 6.54 Å². The first kappa shape index (κ1) is 13.7. The second-order valence-electron chi connectivity index (χ2n) is 3.95. The minimum atomic E-state index is -0.333. The molecule has 0 aromatic heterocycles. The second-order valence-corrected chi connectivity index (χ2v) is 4.80. The molecule has 0 radical (unpaired) electrons. The number of nitrogens with one attached hydrogen (secondary N) is 1. The van der Waals surface area contributed by atoms with Gasteiger partial charge >= 0.3 is 0 Å². The van der Waals surface area contributed by atoms with Crippen molar-refractivity contribution in [2.45, 2.75) is 6.54 Å². The Morgan fingerprint density at radius 3 is 2.79 bits per heavy atom. The molecule has 0 saturated heterocycles. The van der Waals surface area contributed by atoms with Gasteiger partial charge in [0.1, 0.15) is 5.82 Å². The lowest BCUT2D eigenvalue weighted by Gasteiger charge is -2.11. The van der Waals surface area contributed by atoms with Crippen molar-refractivity contribution in [2.75, 3.05) is 12.4 Å². The van der Waals surface area contributed by atoms with Crippen LogP contribution in [0.4, 0.5) is 10.1 Å². The number of halogens is 2. The number of ether oxygens (including phenoxy) is 1. The van der Waals surface area contributed by atoms with E-state index < -0.39 is 0 Å². The van der Waals surface area contributed by atoms with Gasteiger partial charge in [0.25, 0.3) is 0 Å². The van der Waals surface area contributed by atoms with Gasteiger partial charge in [0.2, 0.25) is 0 Å². The van der Waals surface area contributed by atoms with Crippen LogP contribution in [0.15, 0.2) is 40.9 Å². The molecule has 0 atom stereocenters. The number of rotatable bonds is 4. The third-order valence-corrected chi connectivity index (χ3v) is 3.35. The highest BCUT2D eigenvalue weighted by atomic mass is 79.9. The highest BCUT2D eigenvalue weighted by Crippen LogP contribution is 2.30. The lowest BCUT2D eigenvalue weighted by Crippen LogP contribution is -2.00. The average Bonchev–Trinajstić information content (AvgIpc) is 2.41. The minimum Gasteiger partial charge on any atom is -0.504 e. The van der Waals surface area contributed by atoms with Crippen molar-refractivity contribution in [1.29, 1.82) is 0 Å². The maximum absolute atomic E-state index is 13.3. The quantitative estimate of drug-likeness (QED) is 0.895. The van der Waals surface area contributed by atoms with Crippen molar-refractivity contribution in [3.63, 3.8) is 0 Å². The summed E-state index contributed by atoms with van der Waals surface area (Å²) in [5, 5.41) is 13.0. The molecule has 2 aromatic rings. The smallest absolute Gasteiger partial charge is 0.162 e. The molecule has 0 saturated carbocycles. The summed E-state index contributed by atoms with van der Waals surface area (Å²) < 4.78 is 18.8. The van der Waals surface area contributed by atoms with Gasteiger partial charge in [-0.15, -0.1) is 0 Å². The Labute approximate surface area is 119 Å². The molecule has 0 aliphatic heterocycles. The largest absolute Gasteiger partial charge is 0.504 e. The molecule has 3 nitrogen and oxygen atoms in total. The second kappa shape index (κ2) is 5.93. The molecule has 0 heterocycles. The predicted octanol–water partition coefficient (Wildman–Crippen LogP) is 3.91. The van der Waals surface area contributed by atoms with Crippen molar-refractivity contribution >= 4 is 21.6 Å². The van der Waals surface area contributed by atoms with Gasteiger partial charge in [-0.1, -0.05) is 12.1 Å². The van der Waals surface area contributed by atoms with E-state index in [0.29, 0.717) is 28.0 Å². The molecule has 2 rings (SSSR count). The van der Waals surface area contributed by atoms with Crippen molar-refractivity contribution in [1.82, 2.24) is 0 Å². The Kier molecular flexibility index (Phi) is 4.27. The number of hydrogen-bond donors (Lipinski definition) is 2. The summed E-state index contributed by atoms with van der Waals surface area (Å²) in [5.41, 5.74) is 1.32. The van der Waals surface area contributed by atoms with E-state index in [1.807, 2.05) is 0 Å². The van der Waals surface area contributed by atoms with E-state index in [4.69, 9.17) is 4.74 Å². The van der Waals surface area contributed by atoms with Crippen LogP contribution < -0.4 is 10.1 Å². The number of benzene rings is 2. The van der Waals surface area contributed by atoms with E-state index in [1.54, 1.807) is 30.3 Å². The zero-order valence-electron chi connectivity index (χ0n) is 10.3. The highest BCUT2D eigenvalue weighted by Gasteiger charge is 2.07. The minimum absolute atomic E-state index is 0.0927. The van der Waals surface area contributed by atoms with E-state index in [1.165, 1.54) is 13.2 Å². The van der Waals surface area contributed by atoms with E-state index in [0.717, 1.165) is 0 Å². The first-order valence-corrected chi connectivity index (χ1v) is 6.45. The van der Waals surface area contributed by atoms with Crippen molar-refractivity contribution in [2.24, 2.45) is 0 Å². The Bertz CT molecular complexity index is 590. The molecule has 0 fully saturated rings. The molecule has 2 N–H and O–H groups in total. The van der Waals surface area contributed by atoms with Crippen LogP contribution >= 0.6 is 15.9 Å². The van der Waals surface area contributed by atoms with Crippen molar-refractivity contribution in [3.05, 3.63) is 52.3 Å². The predicted molar refractivity (Wildman–Crippen MR) is 76.1 cm³/mol. The van der Waals surface area contributed by atoms with Crippen LogP contribution in [0.25, 0.3) is 0 Å². The topological polar surface area (TPSA) is 41.5 Å². The molecule has 0 spiro atoms. The van der Waals surface area contributed by atoms with Gasteiger partial charge in [-0.3, -0.25) is 0 Å².